The van der Waals surface area contributed by atoms with Crippen LogP contribution < -0.4 is 5.32 Å². The molecule has 0 aliphatic heterocycles. The van der Waals surface area contributed by atoms with Gasteiger partial charge in [0.1, 0.15) is 5.82 Å². The highest BCUT2D eigenvalue weighted by Crippen LogP contribution is 2.27. The molecule has 0 heterocycles. The number of amides is 1. The molecule has 0 atom stereocenters. The molecule has 1 amide bonds. The third-order valence-electron chi connectivity index (χ3n) is 2.06. The van der Waals surface area contributed by atoms with E-state index in [-0.39, 0.29) is 5.56 Å². The van der Waals surface area contributed by atoms with Crippen LogP contribution in [0.3, 0.4) is 0 Å². The van der Waals surface area contributed by atoms with E-state index in [9.17, 15) is 22.4 Å². The van der Waals surface area contributed by atoms with Gasteiger partial charge in [-0.1, -0.05) is 0 Å². The third kappa shape index (κ3) is 3.41. The Labute approximate surface area is 98.9 Å². The van der Waals surface area contributed by atoms with Gasteiger partial charge in [-0.25, -0.2) is 4.39 Å². The number of halogens is 4. The van der Waals surface area contributed by atoms with Crippen molar-refractivity contribution in [1.82, 2.24) is 5.32 Å². The first kappa shape index (κ1) is 14.4. The van der Waals surface area contributed by atoms with Crippen LogP contribution >= 0.6 is 0 Å². The standard InChI is InChI=1S/C10H9F4NO3/c11-7-3-1-6(2-4-7)8(16)15-5-9(17,18)10(12,13)14/h1-4,17-18H,5H2,(H,15,16). The summed E-state index contributed by atoms with van der Waals surface area (Å²) in [5.41, 5.74) is -0.102. The Morgan fingerprint density at radius 1 is 1.17 bits per heavy atom. The van der Waals surface area contributed by atoms with Crippen LogP contribution in [0.25, 0.3) is 0 Å². The normalized spacial score (nSPS) is 12.3. The van der Waals surface area contributed by atoms with Gasteiger partial charge in [-0.3, -0.25) is 4.79 Å². The molecule has 3 N–H and O–H groups in total. The van der Waals surface area contributed by atoms with E-state index in [0.717, 1.165) is 24.3 Å². The van der Waals surface area contributed by atoms with Gasteiger partial charge in [-0.05, 0) is 24.3 Å². The number of carbonyl (C=O) groups excluding carboxylic acids is 1. The second kappa shape index (κ2) is 4.91. The first-order chi connectivity index (χ1) is 8.13. The molecular weight excluding hydrogens is 258 g/mol. The van der Waals surface area contributed by atoms with Crippen molar-refractivity contribution in [3.05, 3.63) is 35.6 Å². The number of nitrogens with one attached hydrogen (secondary N) is 1. The smallest absolute Gasteiger partial charge is 0.357 e. The monoisotopic (exact) mass is 267 g/mol. The van der Waals surface area contributed by atoms with Gasteiger partial charge in [-0.2, -0.15) is 13.2 Å². The summed E-state index contributed by atoms with van der Waals surface area (Å²) in [5.74, 6) is -5.60. The number of benzene rings is 1. The molecule has 0 fully saturated rings. The summed E-state index contributed by atoms with van der Waals surface area (Å²) < 4.78 is 48.6. The molecule has 1 rings (SSSR count). The predicted octanol–water partition coefficient (Wildman–Crippen LogP) is 0.799. The van der Waals surface area contributed by atoms with E-state index in [1.54, 1.807) is 5.32 Å². The molecule has 0 aliphatic rings. The first-order valence-electron chi connectivity index (χ1n) is 4.69. The molecule has 0 saturated heterocycles. The van der Waals surface area contributed by atoms with Gasteiger partial charge >= 0.3 is 6.18 Å². The van der Waals surface area contributed by atoms with Crippen LogP contribution in [-0.2, 0) is 0 Å². The summed E-state index contributed by atoms with van der Waals surface area (Å²) >= 11 is 0. The molecular formula is C10H9F4NO3. The van der Waals surface area contributed by atoms with Crippen molar-refractivity contribution in [3.63, 3.8) is 0 Å². The van der Waals surface area contributed by atoms with Crippen molar-refractivity contribution < 1.29 is 32.6 Å². The van der Waals surface area contributed by atoms with E-state index in [1.165, 1.54) is 0 Å². The van der Waals surface area contributed by atoms with Crippen molar-refractivity contribution in [1.29, 1.82) is 0 Å². The molecule has 8 heteroatoms. The van der Waals surface area contributed by atoms with Crippen molar-refractivity contribution >= 4 is 5.91 Å². The summed E-state index contributed by atoms with van der Waals surface area (Å²) in [6.07, 6.45) is -5.29. The maximum Gasteiger partial charge on any atom is 0.444 e. The number of alkyl halides is 3. The Balaban J connectivity index is 2.65. The van der Waals surface area contributed by atoms with Crippen molar-refractivity contribution in [3.8, 4) is 0 Å². The largest absolute Gasteiger partial charge is 0.444 e. The Morgan fingerprint density at radius 3 is 2.11 bits per heavy atom. The van der Waals surface area contributed by atoms with Crippen LogP contribution in [-0.4, -0.2) is 34.6 Å². The van der Waals surface area contributed by atoms with Crippen molar-refractivity contribution in [2.24, 2.45) is 0 Å². The zero-order chi connectivity index (χ0) is 14.0. The number of hydrogen-bond acceptors (Lipinski definition) is 3. The maximum atomic E-state index is 12.5. The zero-order valence-electron chi connectivity index (χ0n) is 8.83. The first-order valence-corrected chi connectivity index (χ1v) is 4.69. The minimum absolute atomic E-state index is 0.102. The van der Waals surface area contributed by atoms with Gasteiger partial charge in [0, 0.05) is 5.56 Å². The molecule has 4 nitrogen and oxygen atoms in total. The van der Waals surface area contributed by atoms with Gasteiger partial charge in [0.25, 0.3) is 11.7 Å². The molecule has 0 bridgehead atoms. The highest BCUT2D eigenvalue weighted by Gasteiger charge is 2.52. The van der Waals surface area contributed by atoms with Gasteiger partial charge in [0.2, 0.25) is 0 Å². The molecule has 0 spiro atoms. The van der Waals surface area contributed by atoms with E-state index in [1.807, 2.05) is 0 Å². The number of carbonyl (C=O) groups is 1. The Kier molecular flexibility index (Phi) is 3.92. The van der Waals surface area contributed by atoms with Crippen molar-refractivity contribution in [2.45, 2.75) is 12.0 Å². The fraction of sp³-hybridized carbons (Fsp3) is 0.300. The topological polar surface area (TPSA) is 69.6 Å². The van der Waals surface area contributed by atoms with Crippen LogP contribution in [0.5, 0.6) is 0 Å². The lowest BCUT2D eigenvalue weighted by molar-refractivity contribution is -0.344. The lowest BCUT2D eigenvalue weighted by atomic mass is 10.2. The second-order valence-corrected chi connectivity index (χ2v) is 3.50. The van der Waals surface area contributed by atoms with E-state index >= 15 is 0 Å². The molecule has 1 aromatic carbocycles. The average molecular weight is 267 g/mol. The highest BCUT2D eigenvalue weighted by molar-refractivity contribution is 5.94. The van der Waals surface area contributed by atoms with Gasteiger partial charge in [0.05, 0.1) is 6.54 Å². The van der Waals surface area contributed by atoms with Gasteiger partial charge < -0.3 is 15.5 Å². The minimum Gasteiger partial charge on any atom is -0.357 e. The number of rotatable bonds is 3. The molecule has 0 saturated carbocycles. The predicted molar refractivity (Wildman–Crippen MR) is 52.0 cm³/mol. The summed E-state index contributed by atoms with van der Waals surface area (Å²) in [6.45, 7) is -1.42. The van der Waals surface area contributed by atoms with Crippen LogP contribution in [0.2, 0.25) is 0 Å². The van der Waals surface area contributed by atoms with E-state index < -0.39 is 30.2 Å². The van der Waals surface area contributed by atoms with E-state index in [0.29, 0.717) is 0 Å². The van der Waals surface area contributed by atoms with Crippen LogP contribution in [0, 0.1) is 5.82 Å². The Morgan fingerprint density at radius 2 is 1.67 bits per heavy atom. The summed E-state index contributed by atoms with van der Waals surface area (Å²) in [5, 5.41) is 19.0. The lowest BCUT2D eigenvalue weighted by Crippen LogP contribution is -2.53. The lowest BCUT2D eigenvalue weighted by Gasteiger charge is -2.24. The van der Waals surface area contributed by atoms with Crippen molar-refractivity contribution in [2.75, 3.05) is 6.54 Å². The maximum absolute atomic E-state index is 12.5. The van der Waals surface area contributed by atoms with E-state index in [4.69, 9.17) is 10.2 Å². The van der Waals surface area contributed by atoms with Crippen LogP contribution in [0.15, 0.2) is 24.3 Å². The fourth-order valence-electron chi connectivity index (χ4n) is 1.01. The molecule has 0 aliphatic carbocycles. The number of aliphatic hydroxyl groups is 2. The fourth-order valence-corrected chi connectivity index (χ4v) is 1.01. The highest BCUT2D eigenvalue weighted by atomic mass is 19.4. The van der Waals surface area contributed by atoms with Gasteiger partial charge in [0.15, 0.2) is 0 Å². The molecule has 100 valence electrons. The summed E-state index contributed by atoms with van der Waals surface area (Å²) in [4.78, 5) is 11.3. The quantitative estimate of drug-likeness (QED) is 0.560. The molecule has 1 aromatic rings. The van der Waals surface area contributed by atoms with Crippen LogP contribution in [0.1, 0.15) is 10.4 Å². The summed E-state index contributed by atoms with van der Waals surface area (Å²) in [6, 6.07) is 4.00. The SMILES string of the molecule is O=C(NCC(O)(O)C(F)(F)F)c1ccc(F)cc1. The Bertz CT molecular complexity index is 428. The molecule has 0 aromatic heterocycles. The van der Waals surface area contributed by atoms with E-state index in [2.05, 4.69) is 0 Å². The van der Waals surface area contributed by atoms with Gasteiger partial charge in [-0.15, -0.1) is 0 Å². The average Bonchev–Trinajstić information content (AvgIpc) is 2.25. The van der Waals surface area contributed by atoms with Crippen LogP contribution in [0.4, 0.5) is 17.6 Å². The second-order valence-electron chi connectivity index (χ2n) is 3.50. The Hall–Kier alpha value is -1.67. The minimum atomic E-state index is -5.29. The molecule has 18 heavy (non-hydrogen) atoms. The molecule has 0 radical (unpaired) electrons. The number of hydrogen-bond donors (Lipinski definition) is 3. The molecule has 0 unspecified atom stereocenters. The zero-order valence-corrected chi connectivity index (χ0v) is 8.83. The summed E-state index contributed by atoms with van der Waals surface area (Å²) in [7, 11) is 0. The third-order valence-corrected chi connectivity index (χ3v) is 2.06.